The van der Waals surface area contributed by atoms with Crippen molar-refractivity contribution < 1.29 is 8.42 Å². The van der Waals surface area contributed by atoms with E-state index in [1.54, 1.807) is 12.3 Å². The van der Waals surface area contributed by atoms with Gasteiger partial charge in [0.2, 0.25) is 10.0 Å². The highest BCUT2D eigenvalue weighted by molar-refractivity contribution is 9.11. The van der Waals surface area contributed by atoms with E-state index in [1.165, 1.54) is 18.5 Å². The van der Waals surface area contributed by atoms with Crippen LogP contribution in [0, 0.1) is 0 Å². The Balaban J connectivity index is 2.28. The second-order valence-corrected chi connectivity index (χ2v) is 7.25. The molecule has 0 aliphatic carbocycles. The van der Waals surface area contributed by atoms with E-state index in [0.29, 0.717) is 20.3 Å². The molecule has 1 aromatic carbocycles. The number of sulfonamides is 1. The van der Waals surface area contributed by atoms with Crippen molar-refractivity contribution in [1.82, 2.24) is 14.7 Å². The van der Waals surface area contributed by atoms with Crippen LogP contribution in [0.15, 0.2) is 44.6 Å². The Hall–Kier alpha value is -1.03. The van der Waals surface area contributed by atoms with Crippen molar-refractivity contribution in [2.24, 2.45) is 0 Å². The summed E-state index contributed by atoms with van der Waals surface area (Å²) in [6.45, 7) is 0.0775. The first-order valence-electron chi connectivity index (χ1n) is 5.39. The Morgan fingerprint density at radius 1 is 1.25 bits per heavy atom. The van der Waals surface area contributed by atoms with Crippen LogP contribution in [0.3, 0.4) is 0 Å². The van der Waals surface area contributed by atoms with Crippen LogP contribution in [0.2, 0.25) is 0 Å². The highest BCUT2D eigenvalue weighted by Gasteiger charge is 2.21. The molecule has 0 bridgehead atoms. The summed E-state index contributed by atoms with van der Waals surface area (Å²) >= 11 is 6.41. The molecule has 0 aliphatic rings. The molecule has 1 heterocycles. The molecule has 0 unspecified atom stereocenters. The minimum absolute atomic E-state index is 0.0775. The average Bonchev–Trinajstić information content (AvgIpc) is 2.36. The molecule has 0 aliphatic heterocycles. The number of nitrogens with zero attached hydrogens (tertiary/aromatic N) is 2. The Labute approximate surface area is 133 Å². The zero-order chi connectivity index (χ0) is 14.8. The number of rotatable bonds is 4. The number of nitrogens with one attached hydrogen (secondary N) is 1. The summed E-state index contributed by atoms with van der Waals surface area (Å²) in [5.74, 6) is 0. The molecule has 2 rings (SSSR count). The predicted molar refractivity (Wildman–Crippen MR) is 82.3 cm³/mol. The molecule has 0 amide bonds. The van der Waals surface area contributed by atoms with Gasteiger partial charge in [-0.1, -0.05) is 0 Å². The lowest BCUT2D eigenvalue weighted by Gasteiger charge is -2.11. The average molecular weight is 422 g/mol. The molecular weight excluding hydrogens is 412 g/mol. The lowest BCUT2D eigenvalue weighted by atomic mass is 10.3. The second kappa shape index (κ2) is 6.17. The van der Waals surface area contributed by atoms with E-state index < -0.39 is 10.0 Å². The van der Waals surface area contributed by atoms with Gasteiger partial charge in [0.15, 0.2) is 0 Å². The fraction of sp³-hybridized carbons (Fsp3) is 0.0909. The van der Waals surface area contributed by atoms with Gasteiger partial charge in [-0.25, -0.2) is 23.1 Å². The highest BCUT2D eigenvalue weighted by atomic mass is 79.9. The second-order valence-electron chi connectivity index (χ2n) is 3.84. The zero-order valence-corrected chi connectivity index (χ0v) is 14.0. The van der Waals surface area contributed by atoms with Gasteiger partial charge in [0, 0.05) is 20.8 Å². The van der Waals surface area contributed by atoms with E-state index in [4.69, 9.17) is 5.73 Å². The van der Waals surface area contributed by atoms with Gasteiger partial charge in [-0.3, -0.25) is 0 Å². The first-order chi connectivity index (χ1) is 9.40. The maximum atomic E-state index is 12.3. The van der Waals surface area contributed by atoms with E-state index in [-0.39, 0.29) is 11.4 Å². The third-order valence-electron chi connectivity index (χ3n) is 2.38. The van der Waals surface area contributed by atoms with Crippen molar-refractivity contribution in [1.29, 1.82) is 0 Å². The fourth-order valence-electron chi connectivity index (χ4n) is 1.50. The minimum Gasteiger partial charge on any atom is -0.399 e. The smallest absolute Gasteiger partial charge is 0.243 e. The quantitative estimate of drug-likeness (QED) is 0.736. The van der Waals surface area contributed by atoms with Gasteiger partial charge >= 0.3 is 0 Å². The van der Waals surface area contributed by atoms with Crippen LogP contribution in [0.5, 0.6) is 0 Å². The summed E-state index contributed by atoms with van der Waals surface area (Å²) < 4.78 is 27.9. The van der Waals surface area contributed by atoms with Crippen molar-refractivity contribution in [3.05, 3.63) is 45.4 Å². The fourth-order valence-corrected chi connectivity index (χ4v) is 5.11. The van der Waals surface area contributed by atoms with Crippen LogP contribution >= 0.6 is 31.9 Å². The minimum atomic E-state index is -3.70. The van der Waals surface area contributed by atoms with E-state index >= 15 is 0 Å². The molecule has 0 saturated carbocycles. The molecule has 1 aromatic heterocycles. The van der Waals surface area contributed by atoms with Gasteiger partial charge in [0.05, 0.1) is 12.2 Å². The molecule has 0 spiro atoms. The maximum absolute atomic E-state index is 12.3. The molecular formula is C11H10Br2N4O2S. The van der Waals surface area contributed by atoms with Crippen LogP contribution < -0.4 is 10.5 Å². The molecule has 0 saturated heterocycles. The molecule has 0 atom stereocenters. The third kappa shape index (κ3) is 3.54. The summed E-state index contributed by atoms with van der Waals surface area (Å²) in [5.41, 5.74) is 6.68. The molecule has 2 aromatic rings. The topological polar surface area (TPSA) is 98.0 Å². The molecule has 0 radical (unpaired) electrons. The van der Waals surface area contributed by atoms with E-state index in [1.807, 2.05) is 0 Å². The van der Waals surface area contributed by atoms with Gasteiger partial charge in [0.25, 0.3) is 0 Å². The van der Waals surface area contributed by atoms with Crippen molar-refractivity contribution in [3.63, 3.8) is 0 Å². The van der Waals surface area contributed by atoms with Gasteiger partial charge in [-0.15, -0.1) is 0 Å². The molecule has 20 heavy (non-hydrogen) atoms. The van der Waals surface area contributed by atoms with Crippen LogP contribution in [0.1, 0.15) is 5.69 Å². The zero-order valence-electron chi connectivity index (χ0n) is 10.0. The molecule has 3 N–H and O–H groups in total. The van der Waals surface area contributed by atoms with E-state index in [2.05, 4.69) is 46.5 Å². The summed E-state index contributed by atoms with van der Waals surface area (Å²) in [6.07, 6.45) is 2.91. The van der Waals surface area contributed by atoms with Gasteiger partial charge in [0.1, 0.15) is 11.2 Å². The number of aromatic nitrogens is 2. The Kier molecular flexibility index (Phi) is 4.74. The summed E-state index contributed by atoms with van der Waals surface area (Å²) in [4.78, 5) is 7.82. The lowest BCUT2D eigenvalue weighted by molar-refractivity contribution is 0.579. The molecule has 106 valence electrons. The number of anilines is 1. The van der Waals surface area contributed by atoms with Gasteiger partial charge in [-0.05, 0) is 50.1 Å². The Bertz CT molecular complexity index is 699. The van der Waals surface area contributed by atoms with Crippen LogP contribution in [0.4, 0.5) is 5.69 Å². The number of nitrogen functional groups attached to an aromatic ring is 1. The predicted octanol–water partition coefficient (Wildman–Crippen LogP) is 2.06. The standard InChI is InChI=1S/C11H10Br2N4O2S/c12-9-3-7(14)4-10(13)11(9)20(18,19)17-5-8-1-2-15-6-16-8/h1-4,6,17H,5,14H2. The van der Waals surface area contributed by atoms with Crippen LogP contribution in [0.25, 0.3) is 0 Å². The molecule has 6 nitrogen and oxygen atoms in total. The SMILES string of the molecule is Nc1cc(Br)c(S(=O)(=O)NCc2ccncn2)c(Br)c1. The number of hydrogen-bond acceptors (Lipinski definition) is 5. The summed E-state index contributed by atoms with van der Waals surface area (Å²) in [6, 6.07) is 4.70. The van der Waals surface area contributed by atoms with Gasteiger partial charge < -0.3 is 5.73 Å². The van der Waals surface area contributed by atoms with Crippen molar-refractivity contribution in [2.45, 2.75) is 11.4 Å². The first-order valence-corrected chi connectivity index (χ1v) is 8.46. The number of halogens is 2. The van der Waals surface area contributed by atoms with E-state index in [9.17, 15) is 8.42 Å². The van der Waals surface area contributed by atoms with Crippen molar-refractivity contribution >= 4 is 47.6 Å². The van der Waals surface area contributed by atoms with Gasteiger partial charge in [-0.2, -0.15) is 0 Å². The lowest BCUT2D eigenvalue weighted by Crippen LogP contribution is -2.24. The summed E-state index contributed by atoms with van der Waals surface area (Å²) in [7, 11) is -3.70. The Morgan fingerprint density at radius 3 is 2.45 bits per heavy atom. The Morgan fingerprint density at radius 2 is 1.90 bits per heavy atom. The number of hydrogen-bond donors (Lipinski definition) is 2. The largest absolute Gasteiger partial charge is 0.399 e. The normalized spacial score (nSPS) is 11.5. The van der Waals surface area contributed by atoms with Crippen LogP contribution in [-0.4, -0.2) is 18.4 Å². The third-order valence-corrected chi connectivity index (χ3v) is 5.65. The maximum Gasteiger partial charge on any atom is 0.243 e. The first kappa shape index (κ1) is 15.4. The molecule has 0 fully saturated rings. The molecule has 9 heteroatoms. The van der Waals surface area contributed by atoms with Crippen molar-refractivity contribution in [3.8, 4) is 0 Å². The number of benzene rings is 1. The van der Waals surface area contributed by atoms with Crippen LogP contribution in [-0.2, 0) is 16.6 Å². The van der Waals surface area contributed by atoms with Crippen molar-refractivity contribution in [2.75, 3.05) is 5.73 Å². The monoisotopic (exact) mass is 420 g/mol. The van der Waals surface area contributed by atoms with E-state index in [0.717, 1.165) is 0 Å². The highest BCUT2D eigenvalue weighted by Crippen LogP contribution is 2.32. The summed E-state index contributed by atoms with van der Waals surface area (Å²) in [5, 5.41) is 0. The number of nitrogens with two attached hydrogens (primary N) is 1.